The molecule has 4 heteroatoms. The van der Waals surface area contributed by atoms with Crippen LogP contribution in [0.4, 0.5) is 0 Å². The smallest absolute Gasteiger partial charge is 0.219 e. The molecule has 26 heavy (non-hydrogen) atoms. The second-order valence-corrected chi connectivity index (χ2v) is 8.02. The lowest BCUT2D eigenvalue weighted by Crippen LogP contribution is -2.38. The number of rotatable bonds is 18. The van der Waals surface area contributed by atoms with Crippen LogP contribution < -0.4 is 0 Å². The molecule has 156 valence electrons. The number of aliphatic hydroxyl groups is 2. The summed E-state index contributed by atoms with van der Waals surface area (Å²) in [6, 6.07) is 0. The van der Waals surface area contributed by atoms with Gasteiger partial charge in [0.05, 0.1) is 12.7 Å². The lowest BCUT2D eigenvalue weighted by molar-refractivity contribution is -0.130. The third kappa shape index (κ3) is 15.6. The summed E-state index contributed by atoms with van der Waals surface area (Å²) in [5.41, 5.74) is 0. The Morgan fingerprint density at radius 1 is 0.885 bits per heavy atom. The number of nitrogens with zero attached hydrogens (tertiary/aromatic N) is 1. The van der Waals surface area contributed by atoms with Crippen molar-refractivity contribution in [3.8, 4) is 0 Å². The van der Waals surface area contributed by atoms with Gasteiger partial charge in [0.15, 0.2) is 0 Å². The number of hydrogen-bond acceptors (Lipinski definition) is 3. The van der Waals surface area contributed by atoms with E-state index in [0.717, 1.165) is 6.42 Å². The van der Waals surface area contributed by atoms with Gasteiger partial charge in [-0.1, -0.05) is 90.9 Å². The summed E-state index contributed by atoms with van der Waals surface area (Å²) >= 11 is 0. The van der Waals surface area contributed by atoms with Crippen molar-refractivity contribution in [3.63, 3.8) is 0 Å². The Balaban J connectivity index is 3.55. The van der Waals surface area contributed by atoms with Crippen molar-refractivity contribution in [3.05, 3.63) is 0 Å². The van der Waals surface area contributed by atoms with E-state index in [1.54, 1.807) is 4.90 Å². The largest absolute Gasteiger partial charge is 0.394 e. The summed E-state index contributed by atoms with van der Waals surface area (Å²) in [5, 5.41) is 18.4. The van der Waals surface area contributed by atoms with Crippen molar-refractivity contribution in [1.82, 2.24) is 4.90 Å². The summed E-state index contributed by atoms with van der Waals surface area (Å²) in [6.45, 7) is 6.65. The van der Waals surface area contributed by atoms with E-state index in [2.05, 4.69) is 13.8 Å². The third-order valence-corrected chi connectivity index (χ3v) is 5.28. The van der Waals surface area contributed by atoms with Gasteiger partial charge in [-0.2, -0.15) is 0 Å². The Morgan fingerprint density at radius 3 is 1.85 bits per heavy atom. The van der Waals surface area contributed by atoms with Crippen LogP contribution in [0, 0.1) is 5.92 Å². The topological polar surface area (TPSA) is 60.8 Å². The van der Waals surface area contributed by atoms with E-state index in [-0.39, 0.29) is 19.1 Å². The average Bonchev–Trinajstić information content (AvgIpc) is 2.62. The Bertz CT molecular complexity index is 323. The molecule has 0 saturated carbocycles. The summed E-state index contributed by atoms with van der Waals surface area (Å²) in [5.74, 6) is 0.570. The van der Waals surface area contributed by atoms with Crippen LogP contribution in [-0.4, -0.2) is 46.8 Å². The normalized spacial score (nSPS) is 13.6. The van der Waals surface area contributed by atoms with E-state index in [9.17, 15) is 9.90 Å². The number of hydrogen-bond donors (Lipinski definition) is 2. The van der Waals surface area contributed by atoms with Crippen molar-refractivity contribution in [2.75, 3.05) is 19.7 Å². The van der Waals surface area contributed by atoms with Crippen LogP contribution in [0.1, 0.15) is 104 Å². The van der Waals surface area contributed by atoms with Crippen LogP contribution in [0.25, 0.3) is 0 Å². The molecule has 0 aliphatic carbocycles. The van der Waals surface area contributed by atoms with Crippen LogP contribution in [0.3, 0.4) is 0 Å². The number of unbranched alkanes of at least 4 members (excludes halogenated alkanes) is 10. The van der Waals surface area contributed by atoms with Gasteiger partial charge >= 0.3 is 0 Å². The van der Waals surface area contributed by atoms with Gasteiger partial charge in [0, 0.05) is 20.0 Å². The molecule has 2 unspecified atom stereocenters. The number of carbonyl (C=O) groups excluding carboxylic acids is 1. The maximum absolute atomic E-state index is 11.6. The van der Waals surface area contributed by atoms with Crippen LogP contribution in [0.2, 0.25) is 0 Å². The molecule has 0 fully saturated rings. The van der Waals surface area contributed by atoms with Gasteiger partial charge in [0.25, 0.3) is 0 Å². The number of aliphatic hydroxyl groups excluding tert-OH is 2. The van der Waals surface area contributed by atoms with Gasteiger partial charge in [-0.3, -0.25) is 4.79 Å². The molecule has 0 aromatic heterocycles. The second-order valence-electron chi connectivity index (χ2n) is 8.02. The Hall–Kier alpha value is -0.610. The van der Waals surface area contributed by atoms with Gasteiger partial charge in [-0.15, -0.1) is 0 Å². The van der Waals surface area contributed by atoms with E-state index in [1.165, 1.54) is 84.0 Å². The molecule has 0 aliphatic heterocycles. The number of amides is 1. The van der Waals surface area contributed by atoms with Crippen LogP contribution in [0.15, 0.2) is 0 Å². The minimum Gasteiger partial charge on any atom is -0.394 e. The fraction of sp³-hybridized carbons (Fsp3) is 0.955. The zero-order chi connectivity index (χ0) is 19.6. The molecule has 1 amide bonds. The van der Waals surface area contributed by atoms with Crippen molar-refractivity contribution < 1.29 is 15.0 Å². The van der Waals surface area contributed by atoms with Crippen LogP contribution in [0.5, 0.6) is 0 Å². The maximum atomic E-state index is 11.6. The molecule has 4 nitrogen and oxygen atoms in total. The standard InChI is InChI=1S/C22H45NO3/c1-4-5-6-7-8-9-10-11-12-13-14-15-20(2)16-17-23(21(3)25)18-22(26)19-24/h20,22,24,26H,4-19H2,1-3H3. The minimum atomic E-state index is -0.833. The SMILES string of the molecule is CCCCCCCCCCCCCC(C)CCN(CC(O)CO)C(C)=O. The highest BCUT2D eigenvalue weighted by molar-refractivity contribution is 5.73. The van der Waals surface area contributed by atoms with Crippen molar-refractivity contribution in [2.24, 2.45) is 5.92 Å². The molecule has 0 aliphatic rings. The molecule has 0 spiro atoms. The molecule has 0 aromatic rings. The molecular weight excluding hydrogens is 326 g/mol. The van der Waals surface area contributed by atoms with E-state index in [1.807, 2.05) is 0 Å². The maximum Gasteiger partial charge on any atom is 0.219 e. The van der Waals surface area contributed by atoms with E-state index >= 15 is 0 Å². The van der Waals surface area contributed by atoms with Crippen LogP contribution in [-0.2, 0) is 4.79 Å². The molecule has 0 radical (unpaired) electrons. The molecule has 2 atom stereocenters. The van der Waals surface area contributed by atoms with Crippen molar-refractivity contribution >= 4 is 5.91 Å². The molecule has 2 N–H and O–H groups in total. The highest BCUT2D eigenvalue weighted by atomic mass is 16.3. The van der Waals surface area contributed by atoms with Gasteiger partial charge in [-0.05, 0) is 12.3 Å². The molecule has 0 bridgehead atoms. The summed E-state index contributed by atoms with van der Waals surface area (Å²) in [4.78, 5) is 13.3. The zero-order valence-electron chi connectivity index (χ0n) is 17.7. The molecular formula is C22H45NO3. The summed E-state index contributed by atoms with van der Waals surface area (Å²) in [7, 11) is 0. The van der Waals surface area contributed by atoms with Gasteiger partial charge < -0.3 is 15.1 Å². The zero-order valence-corrected chi connectivity index (χ0v) is 17.7. The Kier molecular flexibility index (Phi) is 17.4. The highest BCUT2D eigenvalue weighted by Gasteiger charge is 2.14. The Morgan fingerprint density at radius 2 is 1.38 bits per heavy atom. The lowest BCUT2D eigenvalue weighted by atomic mass is 9.98. The predicted molar refractivity (Wildman–Crippen MR) is 110 cm³/mol. The first-order valence-electron chi connectivity index (χ1n) is 11.1. The van der Waals surface area contributed by atoms with E-state index in [0.29, 0.717) is 12.5 Å². The highest BCUT2D eigenvalue weighted by Crippen LogP contribution is 2.16. The van der Waals surface area contributed by atoms with Gasteiger partial charge in [-0.25, -0.2) is 0 Å². The molecule has 0 rings (SSSR count). The first-order valence-corrected chi connectivity index (χ1v) is 11.1. The predicted octanol–water partition coefficient (Wildman–Crippen LogP) is 4.92. The van der Waals surface area contributed by atoms with Gasteiger partial charge in [0.1, 0.15) is 0 Å². The number of carbonyl (C=O) groups is 1. The average molecular weight is 372 g/mol. The lowest BCUT2D eigenvalue weighted by Gasteiger charge is -2.24. The van der Waals surface area contributed by atoms with Crippen molar-refractivity contribution in [2.45, 2.75) is 110 Å². The minimum absolute atomic E-state index is 0.0283. The fourth-order valence-electron chi connectivity index (χ4n) is 3.37. The molecule has 0 aromatic carbocycles. The van der Waals surface area contributed by atoms with Crippen LogP contribution >= 0.6 is 0 Å². The second kappa shape index (κ2) is 17.8. The first-order chi connectivity index (χ1) is 12.5. The monoisotopic (exact) mass is 371 g/mol. The quantitative estimate of drug-likeness (QED) is 0.336. The van der Waals surface area contributed by atoms with E-state index < -0.39 is 6.10 Å². The molecule has 0 heterocycles. The summed E-state index contributed by atoms with van der Waals surface area (Å²) in [6.07, 6.45) is 16.4. The summed E-state index contributed by atoms with van der Waals surface area (Å²) < 4.78 is 0. The first kappa shape index (κ1) is 25.4. The fourth-order valence-corrected chi connectivity index (χ4v) is 3.37. The van der Waals surface area contributed by atoms with E-state index in [4.69, 9.17) is 5.11 Å². The van der Waals surface area contributed by atoms with Crippen molar-refractivity contribution in [1.29, 1.82) is 0 Å². The van der Waals surface area contributed by atoms with Gasteiger partial charge in [0.2, 0.25) is 5.91 Å². The Labute approximate surface area is 162 Å². The third-order valence-electron chi connectivity index (χ3n) is 5.28. The molecule has 0 saturated heterocycles.